The van der Waals surface area contributed by atoms with Crippen molar-refractivity contribution in [1.29, 1.82) is 0 Å². The largest absolute Gasteiger partial charge is 0.453 e. The number of methoxy groups -OCH3 is 1. The Hall–Kier alpha value is -2.04. The lowest BCUT2D eigenvalue weighted by atomic mass is 10.3. The highest BCUT2D eigenvalue weighted by Crippen LogP contribution is 2.13. The number of amides is 1. The van der Waals surface area contributed by atoms with Crippen molar-refractivity contribution in [2.45, 2.75) is 6.54 Å². The molecule has 0 fully saturated rings. The van der Waals surface area contributed by atoms with Crippen molar-refractivity contribution in [3.63, 3.8) is 0 Å². The van der Waals surface area contributed by atoms with E-state index in [1.165, 1.54) is 7.11 Å². The summed E-state index contributed by atoms with van der Waals surface area (Å²) in [6.07, 6.45) is -0.452. The molecule has 1 N–H and O–H groups in total. The lowest BCUT2D eigenvalue weighted by Gasteiger charge is -2.03. The predicted octanol–water partition coefficient (Wildman–Crippen LogP) is 1.43. The molecule has 0 aliphatic carbocycles. The predicted molar refractivity (Wildman–Crippen MR) is 60.0 cm³/mol. The number of aromatic nitrogens is 2. The second-order valence-corrected chi connectivity index (χ2v) is 3.42. The zero-order valence-electron chi connectivity index (χ0n) is 9.23. The molecular weight excluding hydrogens is 206 g/mol. The molecule has 5 nitrogen and oxygen atoms in total. The molecule has 16 heavy (non-hydrogen) atoms. The molecule has 5 heteroatoms. The minimum Gasteiger partial charge on any atom is -0.453 e. The van der Waals surface area contributed by atoms with Gasteiger partial charge in [0.05, 0.1) is 24.7 Å². The molecule has 0 radical (unpaired) electrons. The highest BCUT2D eigenvalue weighted by atomic mass is 16.5. The van der Waals surface area contributed by atoms with Gasteiger partial charge in [0.15, 0.2) is 0 Å². The molecule has 0 saturated heterocycles. The highest BCUT2D eigenvalue weighted by Gasteiger charge is 2.07. The minimum atomic E-state index is -0.452. The zero-order valence-corrected chi connectivity index (χ0v) is 9.23. The first kappa shape index (κ1) is 10.5. The van der Waals surface area contributed by atoms with E-state index < -0.39 is 6.09 Å². The Bertz CT molecular complexity index is 519. The van der Waals surface area contributed by atoms with E-state index in [9.17, 15) is 4.79 Å². The number of carbonyl (C=O) groups excluding carboxylic acids is 1. The number of ether oxygens (including phenoxy) is 1. The van der Waals surface area contributed by atoms with Gasteiger partial charge in [-0.15, -0.1) is 0 Å². The standard InChI is InChI=1S/C11H13N3O2/c1-14-9-6-4-3-5-8(9)13-10(14)7-12-11(15)16-2/h3-6H,7H2,1-2H3,(H,12,15). The number of fused-ring (bicyclic) bond motifs is 1. The fourth-order valence-corrected chi connectivity index (χ4v) is 1.58. The van der Waals surface area contributed by atoms with Crippen molar-refractivity contribution in [2.24, 2.45) is 7.05 Å². The molecule has 0 saturated carbocycles. The summed E-state index contributed by atoms with van der Waals surface area (Å²) >= 11 is 0. The summed E-state index contributed by atoms with van der Waals surface area (Å²) in [5.74, 6) is 0.798. The van der Waals surface area contributed by atoms with Crippen LogP contribution in [-0.4, -0.2) is 22.8 Å². The van der Waals surface area contributed by atoms with Crippen LogP contribution in [0.2, 0.25) is 0 Å². The monoisotopic (exact) mass is 219 g/mol. The van der Waals surface area contributed by atoms with Crippen LogP contribution in [0.5, 0.6) is 0 Å². The Balaban J connectivity index is 2.24. The van der Waals surface area contributed by atoms with Crippen molar-refractivity contribution < 1.29 is 9.53 Å². The molecule has 0 spiro atoms. The van der Waals surface area contributed by atoms with Crippen LogP contribution in [0.4, 0.5) is 4.79 Å². The third kappa shape index (κ3) is 1.84. The smallest absolute Gasteiger partial charge is 0.407 e. The molecule has 84 valence electrons. The summed E-state index contributed by atoms with van der Waals surface area (Å²) in [5, 5.41) is 2.61. The van der Waals surface area contributed by atoms with Crippen LogP contribution in [-0.2, 0) is 18.3 Å². The van der Waals surface area contributed by atoms with Crippen molar-refractivity contribution >= 4 is 17.1 Å². The molecule has 0 atom stereocenters. The first-order valence-electron chi connectivity index (χ1n) is 4.94. The van der Waals surface area contributed by atoms with Gasteiger partial charge in [-0.05, 0) is 12.1 Å². The first-order valence-corrected chi connectivity index (χ1v) is 4.94. The van der Waals surface area contributed by atoms with E-state index in [-0.39, 0.29) is 0 Å². The fraction of sp³-hybridized carbons (Fsp3) is 0.273. The van der Waals surface area contributed by atoms with Gasteiger partial charge in [0.2, 0.25) is 0 Å². The van der Waals surface area contributed by atoms with Crippen molar-refractivity contribution in [3.8, 4) is 0 Å². The fourth-order valence-electron chi connectivity index (χ4n) is 1.58. The van der Waals surface area contributed by atoms with E-state index in [1.54, 1.807) is 0 Å². The maximum Gasteiger partial charge on any atom is 0.407 e. The third-order valence-corrected chi connectivity index (χ3v) is 2.46. The van der Waals surface area contributed by atoms with Crippen molar-refractivity contribution in [3.05, 3.63) is 30.1 Å². The lowest BCUT2D eigenvalue weighted by Crippen LogP contribution is -2.23. The Kier molecular flexibility index (Phi) is 2.76. The molecule has 1 amide bonds. The summed E-state index contributed by atoms with van der Waals surface area (Å²) in [5.41, 5.74) is 1.97. The number of benzene rings is 1. The number of nitrogens with zero attached hydrogens (tertiary/aromatic N) is 2. The summed E-state index contributed by atoms with van der Waals surface area (Å²) in [6.45, 7) is 0.359. The Morgan fingerprint density at radius 1 is 1.50 bits per heavy atom. The molecule has 0 aliphatic heterocycles. The Labute approximate surface area is 93.0 Å². The molecule has 1 heterocycles. The van der Waals surface area contributed by atoms with Crippen molar-refractivity contribution in [1.82, 2.24) is 14.9 Å². The van der Waals surface area contributed by atoms with E-state index in [2.05, 4.69) is 15.0 Å². The second-order valence-electron chi connectivity index (χ2n) is 3.42. The zero-order chi connectivity index (χ0) is 11.5. The molecule has 2 rings (SSSR count). The summed E-state index contributed by atoms with van der Waals surface area (Å²) in [6, 6.07) is 7.83. The third-order valence-electron chi connectivity index (χ3n) is 2.46. The SMILES string of the molecule is COC(=O)NCc1nc2ccccc2n1C. The Morgan fingerprint density at radius 2 is 2.25 bits per heavy atom. The molecule has 0 aliphatic rings. The van der Waals surface area contributed by atoms with Gasteiger partial charge in [0.25, 0.3) is 0 Å². The maximum absolute atomic E-state index is 10.9. The van der Waals surface area contributed by atoms with Crippen LogP contribution < -0.4 is 5.32 Å². The molecule has 1 aromatic heterocycles. The summed E-state index contributed by atoms with van der Waals surface area (Å²) < 4.78 is 6.45. The summed E-state index contributed by atoms with van der Waals surface area (Å²) in [7, 11) is 3.26. The van der Waals surface area contributed by atoms with Crippen LogP contribution >= 0.6 is 0 Å². The average molecular weight is 219 g/mol. The van der Waals surface area contributed by atoms with Crippen LogP contribution in [0.1, 0.15) is 5.82 Å². The normalized spacial score (nSPS) is 10.4. The van der Waals surface area contributed by atoms with Crippen molar-refractivity contribution in [2.75, 3.05) is 7.11 Å². The van der Waals surface area contributed by atoms with Gasteiger partial charge in [-0.1, -0.05) is 12.1 Å². The number of imidazole rings is 1. The van der Waals surface area contributed by atoms with Gasteiger partial charge in [-0.2, -0.15) is 0 Å². The number of para-hydroxylation sites is 2. The molecule has 0 bridgehead atoms. The molecule has 0 unspecified atom stereocenters. The van der Waals surface area contributed by atoms with E-state index >= 15 is 0 Å². The topological polar surface area (TPSA) is 56.1 Å². The van der Waals surface area contributed by atoms with Crippen LogP contribution in [0, 0.1) is 0 Å². The minimum absolute atomic E-state index is 0.359. The average Bonchev–Trinajstić information content (AvgIpc) is 2.64. The number of hydrogen-bond donors (Lipinski definition) is 1. The van der Waals surface area contributed by atoms with E-state index in [0.717, 1.165) is 16.9 Å². The van der Waals surface area contributed by atoms with Gasteiger partial charge < -0.3 is 14.6 Å². The van der Waals surface area contributed by atoms with Crippen LogP contribution in [0.15, 0.2) is 24.3 Å². The van der Waals surface area contributed by atoms with Crippen LogP contribution in [0.3, 0.4) is 0 Å². The van der Waals surface area contributed by atoms with E-state index in [0.29, 0.717) is 6.54 Å². The number of hydrogen-bond acceptors (Lipinski definition) is 3. The molecule has 2 aromatic rings. The number of nitrogens with one attached hydrogen (secondary N) is 1. The molecular formula is C11H13N3O2. The van der Waals surface area contributed by atoms with Crippen LogP contribution in [0.25, 0.3) is 11.0 Å². The van der Waals surface area contributed by atoms with Gasteiger partial charge >= 0.3 is 6.09 Å². The quantitative estimate of drug-likeness (QED) is 0.831. The second kappa shape index (κ2) is 4.22. The number of aryl methyl sites for hydroxylation is 1. The summed E-state index contributed by atoms with van der Waals surface area (Å²) in [4.78, 5) is 15.4. The van der Waals surface area contributed by atoms with Gasteiger partial charge in [-0.3, -0.25) is 0 Å². The number of rotatable bonds is 2. The Morgan fingerprint density at radius 3 is 2.94 bits per heavy atom. The highest BCUT2D eigenvalue weighted by molar-refractivity contribution is 5.76. The lowest BCUT2D eigenvalue weighted by molar-refractivity contribution is 0.170. The first-order chi connectivity index (χ1) is 7.72. The maximum atomic E-state index is 10.9. The van der Waals surface area contributed by atoms with E-state index in [1.807, 2.05) is 35.9 Å². The van der Waals surface area contributed by atoms with Gasteiger partial charge in [0, 0.05) is 7.05 Å². The number of carbonyl (C=O) groups is 1. The molecule has 1 aromatic carbocycles. The van der Waals surface area contributed by atoms with Gasteiger partial charge in [-0.25, -0.2) is 9.78 Å². The van der Waals surface area contributed by atoms with Gasteiger partial charge in [0.1, 0.15) is 5.82 Å². The number of alkyl carbamates (subject to hydrolysis) is 1. The van der Waals surface area contributed by atoms with E-state index in [4.69, 9.17) is 0 Å².